The number of aromatic carboxylic acids is 1. The highest BCUT2D eigenvalue weighted by Gasteiger charge is 2.27. The molecule has 0 saturated carbocycles. The molecule has 4 aromatic rings. The smallest absolute Gasteiger partial charge is 0.348 e. The number of carbonyl (C=O) groups is 2. The van der Waals surface area contributed by atoms with Crippen molar-refractivity contribution in [1.29, 1.82) is 0 Å². The number of hydrogen-bond acceptors (Lipinski definition) is 8. The van der Waals surface area contributed by atoms with Crippen molar-refractivity contribution in [2.24, 2.45) is 0 Å². The lowest BCUT2D eigenvalue weighted by molar-refractivity contribution is -0.387. The average molecular weight is 583 g/mol. The molecule has 0 aliphatic heterocycles. The number of benzene rings is 3. The maximum Gasteiger partial charge on any atom is 0.348 e. The number of methoxy groups -OCH3 is 1. The molecule has 4 rings (SSSR count). The Morgan fingerprint density at radius 3 is 2.27 bits per heavy atom. The Morgan fingerprint density at radius 1 is 1.07 bits per heavy atom. The van der Waals surface area contributed by atoms with Crippen molar-refractivity contribution >= 4 is 40.8 Å². The highest BCUT2D eigenvalue weighted by Crippen LogP contribution is 2.39. The molecule has 2 N–H and O–H groups in total. The Labute approximate surface area is 236 Å². The number of aromatic nitrogens is 3. The third-order valence-corrected chi connectivity index (χ3v) is 7.29. The molecule has 0 fully saturated rings. The molecular formula is C27H23ClN4O7S. The monoisotopic (exact) mass is 582 g/mol. The van der Waals surface area contributed by atoms with Crippen molar-refractivity contribution in [3.63, 3.8) is 0 Å². The van der Waals surface area contributed by atoms with Crippen LogP contribution in [-0.4, -0.2) is 43.7 Å². The Balaban J connectivity index is 1.76. The summed E-state index contributed by atoms with van der Waals surface area (Å²) in [6.07, 6.45) is 0. The highest BCUT2D eigenvalue weighted by molar-refractivity contribution is 7.99. The Morgan fingerprint density at radius 2 is 1.70 bits per heavy atom. The van der Waals surface area contributed by atoms with Gasteiger partial charge in [0.2, 0.25) is 5.16 Å². The number of halogens is 1. The molecule has 0 atom stereocenters. The number of aromatic amines is 1. The van der Waals surface area contributed by atoms with Gasteiger partial charge >= 0.3 is 11.7 Å². The molecular weight excluding hydrogens is 560 g/mol. The van der Waals surface area contributed by atoms with E-state index in [1.807, 2.05) is 20.8 Å². The molecule has 0 amide bonds. The van der Waals surface area contributed by atoms with Gasteiger partial charge in [-0.05, 0) is 59.1 Å². The van der Waals surface area contributed by atoms with E-state index in [-0.39, 0.29) is 37.5 Å². The molecule has 3 aromatic carbocycles. The Bertz CT molecular complexity index is 1710. The van der Waals surface area contributed by atoms with Crippen LogP contribution in [0.2, 0.25) is 5.02 Å². The second-order valence-corrected chi connectivity index (χ2v) is 11.1. The molecule has 13 heteroatoms. The number of carbonyl (C=O) groups excluding carboxylic acids is 1. The molecule has 0 spiro atoms. The third kappa shape index (κ3) is 5.63. The van der Waals surface area contributed by atoms with E-state index >= 15 is 0 Å². The number of hydrogen-bond donors (Lipinski definition) is 2. The fraction of sp³-hybridized carbons (Fsp3) is 0.185. The number of nitrogens with zero attached hydrogens (tertiary/aromatic N) is 3. The second-order valence-electron chi connectivity index (χ2n) is 9.65. The maximum absolute atomic E-state index is 13.0. The van der Waals surface area contributed by atoms with E-state index in [4.69, 9.17) is 21.4 Å². The van der Waals surface area contributed by atoms with E-state index < -0.39 is 27.8 Å². The van der Waals surface area contributed by atoms with Crippen molar-refractivity contribution in [3.05, 3.63) is 102 Å². The number of carboxylic acid groups (broad SMARTS) is 1. The lowest BCUT2D eigenvalue weighted by Gasteiger charge is -2.24. The summed E-state index contributed by atoms with van der Waals surface area (Å²) in [7, 11) is 1.48. The standard InChI is InChI=1S/C27H23ClN4O7S/c1-27(2,3)17-12-21(39-4)18(28)13-19(17)31-25(36)29-30-26(31)40-22-10-9-16(11-20(22)32(37)38)23(33)14-5-7-15(8-6-14)24(34)35/h5-13H,1-4H3,(H,29,36)(H,34,35). The summed E-state index contributed by atoms with van der Waals surface area (Å²) in [5.74, 6) is -1.23. The zero-order valence-corrected chi connectivity index (χ0v) is 23.3. The van der Waals surface area contributed by atoms with Gasteiger partial charge in [-0.25, -0.2) is 19.3 Å². The fourth-order valence-electron chi connectivity index (χ4n) is 3.97. The van der Waals surface area contributed by atoms with Gasteiger partial charge in [-0.1, -0.05) is 44.5 Å². The quantitative estimate of drug-likeness (QED) is 0.155. The van der Waals surface area contributed by atoms with Crippen molar-refractivity contribution in [2.75, 3.05) is 7.11 Å². The Hall–Kier alpha value is -4.42. The predicted molar refractivity (Wildman–Crippen MR) is 148 cm³/mol. The summed E-state index contributed by atoms with van der Waals surface area (Å²) < 4.78 is 6.63. The first kappa shape index (κ1) is 28.6. The maximum atomic E-state index is 13.0. The van der Waals surface area contributed by atoms with Crippen LogP contribution in [0.1, 0.15) is 52.6 Å². The van der Waals surface area contributed by atoms with Gasteiger partial charge in [0.25, 0.3) is 5.69 Å². The van der Waals surface area contributed by atoms with Crippen LogP contribution >= 0.6 is 23.4 Å². The van der Waals surface area contributed by atoms with Crippen LogP contribution in [0.3, 0.4) is 0 Å². The number of carboxylic acids is 1. The molecule has 0 saturated heterocycles. The number of nitrogens with one attached hydrogen (secondary N) is 1. The first-order valence-corrected chi connectivity index (χ1v) is 12.9. The summed E-state index contributed by atoms with van der Waals surface area (Å²) in [5.41, 5.74) is -0.0168. The van der Waals surface area contributed by atoms with Gasteiger partial charge in [-0.2, -0.15) is 0 Å². The zero-order chi connectivity index (χ0) is 29.4. The van der Waals surface area contributed by atoms with Gasteiger partial charge < -0.3 is 9.84 Å². The molecule has 0 radical (unpaired) electrons. The number of ketones is 1. The SMILES string of the molecule is COc1cc(C(C)(C)C)c(-n2c(Sc3ccc(C(=O)c4ccc(C(=O)O)cc4)cc3[N+](=O)[O-])n[nH]c2=O)cc1Cl. The number of nitro benzene ring substituents is 1. The van der Waals surface area contributed by atoms with Crippen molar-refractivity contribution in [3.8, 4) is 11.4 Å². The number of nitro groups is 1. The van der Waals surface area contributed by atoms with E-state index in [0.717, 1.165) is 23.4 Å². The molecule has 11 nitrogen and oxygen atoms in total. The van der Waals surface area contributed by atoms with Crippen LogP contribution in [0.15, 0.2) is 69.4 Å². The number of H-pyrrole nitrogens is 1. The van der Waals surface area contributed by atoms with Crippen LogP contribution in [0.4, 0.5) is 5.69 Å². The topological polar surface area (TPSA) is 157 Å². The number of rotatable bonds is 8. The van der Waals surface area contributed by atoms with Crippen LogP contribution in [-0.2, 0) is 5.41 Å². The van der Waals surface area contributed by atoms with Gasteiger partial charge in [-0.15, -0.1) is 5.10 Å². The minimum atomic E-state index is -1.14. The van der Waals surface area contributed by atoms with Crippen molar-refractivity contribution < 1.29 is 24.4 Å². The number of ether oxygens (including phenoxy) is 1. The van der Waals surface area contributed by atoms with E-state index in [1.165, 1.54) is 48.1 Å². The van der Waals surface area contributed by atoms with Crippen LogP contribution < -0.4 is 10.4 Å². The molecule has 40 heavy (non-hydrogen) atoms. The summed E-state index contributed by atoms with van der Waals surface area (Å²) in [6.45, 7) is 5.85. The van der Waals surface area contributed by atoms with Crippen LogP contribution in [0.25, 0.3) is 5.69 Å². The fourth-order valence-corrected chi connectivity index (χ4v) is 5.13. The summed E-state index contributed by atoms with van der Waals surface area (Å²) in [5, 5.41) is 27.9. The molecule has 1 heterocycles. The summed E-state index contributed by atoms with van der Waals surface area (Å²) >= 11 is 7.26. The van der Waals surface area contributed by atoms with Crippen molar-refractivity contribution in [1.82, 2.24) is 14.8 Å². The van der Waals surface area contributed by atoms with Crippen molar-refractivity contribution in [2.45, 2.75) is 36.2 Å². The Kier molecular flexibility index (Phi) is 7.85. The van der Waals surface area contributed by atoms with Gasteiger partial charge in [0.1, 0.15) is 5.75 Å². The van der Waals surface area contributed by atoms with Crippen LogP contribution in [0, 0.1) is 10.1 Å². The largest absolute Gasteiger partial charge is 0.495 e. The third-order valence-electron chi connectivity index (χ3n) is 5.97. The van der Waals surface area contributed by atoms with Gasteiger partial charge in [0, 0.05) is 17.2 Å². The minimum Gasteiger partial charge on any atom is -0.495 e. The van der Waals surface area contributed by atoms with E-state index in [1.54, 1.807) is 12.1 Å². The summed E-state index contributed by atoms with van der Waals surface area (Å²) in [4.78, 5) is 48.5. The zero-order valence-electron chi connectivity index (χ0n) is 21.7. The van der Waals surface area contributed by atoms with Gasteiger partial charge in [-0.3, -0.25) is 14.9 Å². The lowest BCUT2D eigenvalue weighted by atomic mass is 9.85. The molecule has 0 aliphatic carbocycles. The van der Waals surface area contributed by atoms with Crippen LogP contribution in [0.5, 0.6) is 5.75 Å². The molecule has 1 aromatic heterocycles. The molecule has 206 valence electrons. The van der Waals surface area contributed by atoms with Gasteiger partial charge in [0.15, 0.2) is 5.78 Å². The first-order chi connectivity index (χ1) is 18.8. The molecule has 0 unspecified atom stereocenters. The second kappa shape index (κ2) is 11.0. The minimum absolute atomic E-state index is 0.00657. The van der Waals surface area contributed by atoms with E-state index in [0.29, 0.717) is 11.4 Å². The predicted octanol–water partition coefficient (Wildman–Crippen LogP) is 5.51. The van der Waals surface area contributed by atoms with E-state index in [9.17, 15) is 24.5 Å². The highest BCUT2D eigenvalue weighted by atomic mass is 35.5. The molecule has 0 aliphatic rings. The van der Waals surface area contributed by atoms with Gasteiger partial charge in [0.05, 0.1) is 33.2 Å². The summed E-state index contributed by atoms with van der Waals surface area (Å²) in [6, 6.07) is 12.5. The lowest BCUT2D eigenvalue weighted by Crippen LogP contribution is -2.22. The normalized spacial score (nSPS) is 11.3. The first-order valence-electron chi connectivity index (χ1n) is 11.7. The average Bonchev–Trinajstić information content (AvgIpc) is 3.26. The van der Waals surface area contributed by atoms with E-state index in [2.05, 4.69) is 10.2 Å². The molecule has 0 bridgehead atoms.